The van der Waals surface area contributed by atoms with Crippen LogP contribution < -0.4 is 10.1 Å². The average molecular weight is 292 g/mol. The van der Waals surface area contributed by atoms with Crippen LogP contribution in [0.5, 0.6) is 11.6 Å². The summed E-state index contributed by atoms with van der Waals surface area (Å²) in [4.78, 5) is 8.52. The van der Waals surface area contributed by atoms with E-state index in [-0.39, 0.29) is 0 Å². The largest absolute Gasteiger partial charge is 0.437 e. The van der Waals surface area contributed by atoms with Crippen molar-refractivity contribution in [1.82, 2.24) is 15.3 Å². The summed E-state index contributed by atoms with van der Waals surface area (Å²) in [6, 6.07) is 5.73. The van der Waals surface area contributed by atoms with Crippen molar-refractivity contribution in [3.05, 3.63) is 46.9 Å². The SMILES string of the molecule is CNCc1cc(Oc2cncc(Cl)c2)nc(C(C)C)c1. The summed E-state index contributed by atoms with van der Waals surface area (Å²) < 4.78 is 5.75. The van der Waals surface area contributed by atoms with Crippen molar-refractivity contribution in [2.45, 2.75) is 26.3 Å². The summed E-state index contributed by atoms with van der Waals surface area (Å²) in [5.41, 5.74) is 2.14. The van der Waals surface area contributed by atoms with Crippen molar-refractivity contribution in [2.24, 2.45) is 0 Å². The van der Waals surface area contributed by atoms with Crippen molar-refractivity contribution in [3.63, 3.8) is 0 Å². The van der Waals surface area contributed by atoms with E-state index in [1.54, 1.807) is 18.5 Å². The van der Waals surface area contributed by atoms with Gasteiger partial charge >= 0.3 is 0 Å². The van der Waals surface area contributed by atoms with E-state index in [1.165, 1.54) is 0 Å². The van der Waals surface area contributed by atoms with Gasteiger partial charge in [-0.05, 0) is 24.6 Å². The first-order chi connectivity index (χ1) is 9.58. The van der Waals surface area contributed by atoms with Gasteiger partial charge < -0.3 is 10.1 Å². The highest BCUT2D eigenvalue weighted by molar-refractivity contribution is 6.30. The Morgan fingerprint density at radius 1 is 1.25 bits per heavy atom. The molecule has 2 rings (SSSR count). The molecule has 0 amide bonds. The second-order valence-corrected chi connectivity index (χ2v) is 5.30. The summed E-state index contributed by atoms with van der Waals surface area (Å²) in [7, 11) is 1.91. The zero-order chi connectivity index (χ0) is 14.5. The standard InChI is InChI=1S/C15H18ClN3O/c1-10(2)14-4-11(7-17-3)5-15(19-14)20-13-6-12(16)8-18-9-13/h4-6,8-10,17H,7H2,1-3H3. The average Bonchev–Trinajstić information content (AvgIpc) is 2.38. The van der Waals surface area contributed by atoms with Gasteiger partial charge in [-0.15, -0.1) is 0 Å². The van der Waals surface area contributed by atoms with Crippen LogP contribution in [0.15, 0.2) is 30.6 Å². The number of hydrogen-bond donors (Lipinski definition) is 1. The number of nitrogens with one attached hydrogen (secondary N) is 1. The van der Waals surface area contributed by atoms with E-state index in [2.05, 4.69) is 35.2 Å². The molecule has 0 radical (unpaired) electrons. The number of pyridine rings is 2. The summed E-state index contributed by atoms with van der Waals surface area (Å²) in [6.07, 6.45) is 3.19. The molecule has 0 bridgehead atoms. The molecule has 4 nitrogen and oxygen atoms in total. The predicted octanol–water partition coefficient (Wildman–Crippen LogP) is 3.77. The van der Waals surface area contributed by atoms with Gasteiger partial charge in [-0.3, -0.25) is 4.98 Å². The molecule has 0 aromatic carbocycles. The van der Waals surface area contributed by atoms with Gasteiger partial charge in [-0.1, -0.05) is 25.4 Å². The van der Waals surface area contributed by atoms with Gasteiger partial charge in [0.05, 0.1) is 11.2 Å². The molecule has 0 saturated carbocycles. The lowest BCUT2D eigenvalue weighted by Crippen LogP contribution is -2.07. The molecule has 0 spiro atoms. The third kappa shape index (κ3) is 3.92. The number of rotatable bonds is 5. The zero-order valence-corrected chi connectivity index (χ0v) is 12.6. The van der Waals surface area contributed by atoms with Crippen LogP contribution in [-0.2, 0) is 6.54 Å². The molecule has 0 aliphatic carbocycles. The smallest absolute Gasteiger partial charge is 0.219 e. The molecule has 106 valence electrons. The minimum absolute atomic E-state index is 0.339. The van der Waals surface area contributed by atoms with Crippen molar-refractivity contribution in [3.8, 4) is 11.6 Å². The third-order valence-corrected chi connectivity index (χ3v) is 2.96. The zero-order valence-electron chi connectivity index (χ0n) is 11.9. The second-order valence-electron chi connectivity index (χ2n) is 4.86. The number of ether oxygens (including phenoxy) is 1. The van der Waals surface area contributed by atoms with Gasteiger partial charge in [0.25, 0.3) is 0 Å². The van der Waals surface area contributed by atoms with Gasteiger partial charge in [0.1, 0.15) is 5.75 Å². The molecule has 0 unspecified atom stereocenters. The first-order valence-electron chi connectivity index (χ1n) is 6.52. The minimum Gasteiger partial charge on any atom is -0.437 e. The fourth-order valence-corrected chi connectivity index (χ4v) is 1.97. The summed E-state index contributed by atoms with van der Waals surface area (Å²) in [5.74, 6) is 1.48. The molecule has 5 heteroatoms. The van der Waals surface area contributed by atoms with Crippen molar-refractivity contribution in [1.29, 1.82) is 0 Å². The van der Waals surface area contributed by atoms with Crippen molar-refractivity contribution >= 4 is 11.6 Å². The van der Waals surface area contributed by atoms with E-state index in [1.807, 2.05) is 13.1 Å². The maximum absolute atomic E-state index is 5.90. The van der Waals surface area contributed by atoms with E-state index in [4.69, 9.17) is 16.3 Å². The lowest BCUT2D eigenvalue weighted by molar-refractivity contribution is 0.456. The molecule has 0 fully saturated rings. The molecule has 0 aliphatic heterocycles. The third-order valence-electron chi connectivity index (χ3n) is 2.76. The lowest BCUT2D eigenvalue weighted by atomic mass is 10.1. The minimum atomic E-state index is 0.339. The Bertz CT molecular complexity index is 587. The fourth-order valence-electron chi connectivity index (χ4n) is 1.81. The second kappa shape index (κ2) is 6.68. The van der Waals surface area contributed by atoms with Crippen LogP contribution in [-0.4, -0.2) is 17.0 Å². The molecule has 0 atom stereocenters. The van der Waals surface area contributed by atoms with Crippen LogP contribution in [0.2, 0.25) is 5.02 Å². The highest BCUT2D eigenvalue weighted by Crippen LogP contribution is 2.25. The van der Waals surface area contributed by atoms with Crippen LogP contribution in [0.4, 0.5) is 0 Å². The first kappa shape index (κ1) is 14.8. The summed E-state index contributed by atoms with van der Waals surface area (Å²) >= 11 is 5.90. The number of halogens is 1. The Kier molecular flexibility index (Phi) is 4.93. The van der Waals surface area contributed by atoms with Gasteiger partial charge in [0.2, 0.25) is 5.88 Å². The van der Waals surface area contributed by atoms with Gasteiger partial charge in [-0.2, -0.15) is 0 Å². The Labute approximate surface area is 124 Å². The van der Waals surface area contributed by atoms with Crippen LogP contribution >= 0.6 is 11.6 Å². The van der Waals surface area contributed by atoms with E-state index >= 15 is 0 Å². The lowest BCUT2D eigenvalue weighted by Gasteiger charge is -2.11. The van der Waals surface area contributed by atoms with Crippen molar-refractivity contribution < 1.29 is 4.74 Å². The Balaban J connectivity index is 2.30. The van der Waals surface area contributed by atoms with E-state index in [0.717, 1.165) is 17.8 Å². The van der Waals surface area contributed by atoms with Crippen LogP contribution in [0.1, 0.15) is 31.0 Å². The van der Waals surface area contributed by atoms with Gasteiger partial charge in [0.15, 0.2) is 0 Å². The molecule has 2 aromatic heterocycles. The van der Waals surface area contributed by atoms with E-state index in [9.17, 15) is 0 Å². The first-order valence-corrected chi connectivity index (χ1v) is 6.90. The quantitative estimate of drug-likeness (QED) is 0.911. The maximum atomic E-state index is 5.90. The van der Waals surface area contributed by atoms with Gasteiger partial charge in [0, 0.05) is 30.6 Å². The highest BCUT2D eigenvalue weighted by atomic mass is 35.5. The molecular formula is C15H18ClN3O. The Hall–Kier alpha value is -1.65. The monoisotopic (exact) mass is 291 g/mol. The molecule has 20 heavy (non-hydrogen) atoms. The van der Waals surface area contributed by atoms with Crippen molar-refractivity contribution in [2.75, 3.05) is 7.05 Å². The topological polar surface area (TPSA) is 47.0 Å². The summed E-state index contributed by atoms with van der Waals surface area (Å²) in [5, 5.41) is 3.67. The number of nitrogens with zero attached hydrogens (tertiary/aromatic N) is 2. The number of aromatic nitrogens is 2. The fraction of sp³-hybridized carbons (Fsp3) is 0.333. The van der Waals surface area contributed by atoms with Crippen LogP contribution in [0.25, 0.3) is 0 Å². The molecule has 0 saturated heterocycles. The van der Waals surface area contributed by atoms with Crippen LogP contribution in [0, 0.1) is 0 Å². The Morgan fingerprint density at radius 2 is 2.05 bits per heavy atom. The van der Waals surface area contributed by atoms with E-state index in [0.29, 0.717) is 22.6 Å². The molecular weight excluding hydrogens is 274 g/mol. The molecule has 2 heterocycles. The Morgan fingerprint density at radius 3 is 2.70 bits per heavy atom. The van der Waals surface area contributed by atoms with Gasteiger partial charge in [-0.25, -0.2) is 4.98 Å². The maximum Gasteiger partial charge on any atom is 0.219 e. The van der Waals surface area contributed by atoms with Crippen LogP contribution in [0.3, 0.4) is 0 Å². The molecule has 0 aliphatic rings. The molecule has 1 N–H and O–H groups in total. The predicted molar refractivity (Wildman–Crippen MR) is 80.4 cm³/mol. The normalized spacial score (nSPS) is 10.8. The number of hydrogen-bond acceptors (Lipinski definition) is 4. The van der Waals surface area contributed by atoms with E-state index < -0.39 is 0 Å². The summed E-state index contributed by atoms with van der Waals surface area (Å²) in [6.45, 7) is 4.98. The highest BCUT2D eigenvalue weighted by Gasteiger charge is 2.08. The molecule has 2 aromatic rings.